The average Bonchev–Trinajstić information content (AvgIpc) is 2.15. The van der Waals surface area contributed by atoms with Gasteiger partial charge in [0.15, 0.2) is 0 Å². The summed E-state index contributed by atoms with van der Waals surface area (Å²) in [6.07, 6.45) is 0. The maximum atomic E-state index is 8.64. The second-order valence-corrected chi connectivity index (χ2v) is 3.24. The van der Waals surface area contributed by atoms with Gasteiger partial charge in [-0.15, -0.1) is 0 Å². The summed E-state index contributed by atoms with van der Waals surface area (Å²) in [4.78, 5) is 0. The fraction of sp³-hybridized carbons (Fsp3) is 0.222. The van der Waals surface area contributed by atoms with Gasteiger partial charge in [0.05, 0.1) is 5.56 Å². The van der Waals surface area contributed by atoms with E-state index in [2.05, 4.69) is 22.0 Å². The SMILES string of the molecule is N#Cc1ccc(OCCN)cc1Br. The van der Waals surface area contributed by atoms with Crippen LogP contribution in [0.15, 0.2) is 22.7 Å². The first-order valence-electron chi connectivity index (χ1n) is 3.80. The Bertz CT molecular complexity index is 333. The number of hydrogen-bond acceptors (Lipinski definition) is 3. The fourth-order valence-corrected chi connectivity index (χ4v) is 1.30. The normalized spacial score (nSPS) is 9.31. The molecule has 0 fully saturated rings. The lowest BCUT2D eigenvalue weighted by atomic mass is 10.2. The van der Waals surface area contributed by atoms with Crippen molar-refractivity contribution in [2.24, 2.45) is 5.73 Å². The number of benzene rings is 1. The standard InChI is InChI=1S/C9H9BrN2O/c10-9-5-8(13-4-3-11)2-1-7(9)6-12/h1-2,5H,3-4,11H2. The molecule has 0 saturated carbocycles. The molecule has 1 rings (SSSR count). The minimum atomic E-state index is 0.484. The molecule has 0 amide bonds. The van der Waals surface area contributed by atoms with E-state index in [9.17, 15) is 0 Å². The molecule has 1 aromatic carbocycles. The van der Waals surface area contributed by atoms with Gasteiger partial charge in [-0.1, -0.05) is 0 Å². The van der Waals surface area contributed by atoms with Crippen molar-refractivity contribution in [3.8, 4) is 11.8 Å². The number of nitriles is 1. The molecule has 0 bridgehead atoms. The van der Waals surface area contributed by atoms with Crippen LogP contribution >= 0.6 is 15.9 Å². The molecule has 0 aliphatic heterocycles. The molecule has 13 heavy (non-hydrogen) atoms. The van der Waals surface area contributed by atoms with Crippen molar-refractivity contribution in [3.05, 3.63) is 28.2 Å². The van der Waals surface area contributed by atoms with Crippen molar-refractivity contribution >= 4 is 15.9 Å². The summed E-state index contributed by atoms with van der Waals surface area (Å²) in [5, 5.41) is 8.64. The summed E-state index contributed by atoms with van der Waals surface area (Å²) >= 11 is 3.27. The molecular formula is C9H9BrN2O. The minimum Gasteiger partial charge on any atom is -0.492 e. The van der Waals surface area contributed by atoms with Crippen molar-refractivity contribution in [1.29, 1.82) is 5.26 Å². The van der Waals surface area contributed by atoms with Crippen LogP contribution in [-0.2, 0) is 0 Å². The van der Waals surface area contributed by atoms with Gasteiger partial charge in [0.1, 0.15) is 18.4 Å². The molecule has 0 aliphatic rings. The molecule has 4 heteroatoms. The third-order valence-corrected chi connectivity index (χ3v) is 2.10. The fourth-order valence-electron chi connectivity index (χ4n) is 0.853. The van der Waals surface area contributed by atoms with Crippen LogP contribution in [0.3, 0.4) is 0 Å². The van der Waals surface area contributed by atoms with Crippen LogP contribution in [0.4, 0.5) is 0 Å². The molecular weight excluding hydrogens is 232 g/mol. The summed E-state index contributed by atoms with van der Waals surface area (Å²) in [6.45, 7) is 0.968. The Labute approximate surface area is 85.2 Å². The highest BCUT2D eigenvalue weighted by atomic mass is 79.9. The van der Waals surface area contributed by atoms with Gasteiger partial charge in [0, 0.05) is 11.0 Å². The van der Waals surface area contributed by atoms with E-state index in [1.807, 2.05) is 0 Å². The second kappa shape index (κ2) is 4.85. The van der Waals surface area contributed by atoms with Gasteiger partial charge in [-0.2, -0.15) is 5.26 Å². The van der Waals surface area contributed by atoms with Gasteiger partial charge >= 0.3 is 0 Å². The van der Waals surface area contributed by atoms with Gasteiger partial charge in [-0.25, -0.2) is 0 Å². The lowest BCUT2D eigenvalue weighted by Crippen LogP contribution is -2.10. The van der Waals surface area contributed by atoms with Crippen LogP contribution in [0, 0.1) is 11.3 Å². The Balaban J connectivity index is 2.79. The van der Waals surface area contributed by atoms with Gasteiger partial charge < -0.3 is 10.5 Å². The highest BCUT2D eigenvalue weighted by molar-refractivity contribution is 9.10. The number of ether oxygens (including phenoxy) is 1. The number of halogens is 1. The zero-order valence-corrected chi connectivity index (χ0v) is 8.54. The molecule has 0 saturated heterocycles. The summed E-state index contributed by atoms with van der Waals surface area (Å²) in [5.41, 5.74) is 5.88. The Morgan fingerprint density at radius 1 is 1.54 bits per heavy atom. The first kappa shape index (κ1) is 10.0. The molecule has 2 N–H and O–H groups in total. The summed E-state index contributed by atoms with van der Waals surface area (Å²) in [7, 11) is 0. The monoisotopic (exact) mass is 240 g/mol. The topological polar surface area (TPSA) is 59.0 Å². The van der Waals surface area contributed by atoms with Gasteiger partial charge in [0.25, 0.3) is 0 Å². The van der Waals surface area contributed by atoms with Crippen LogP contribution in [0.2, 0.25) is 0 Å². The largest absolute Gasteiger partial charge is 0.492 e. The third kappa shape index (κ3) is 2.72. The molecule has 0 aromatic heterocycles. The predicted molar refractivity (Wildman–Crippen MR) is 53.4 cm³/mol. The Kier molecular flexibility index (Phi) is 3.74. The van der Waals surface area contributed by atoms with Crippen LogP contribution < -0.4 is 10.5 Å². The molecule has 0 radical (unpaired) electrons. The molecule has 3 nitrogen and oxygen atoms in total. The van der Waals surface area contributed by atoms with Crippen LogP contribution in [0.25, 0.3) is 0 Å². The van der Waals surface area contributed by atoms with E-state index in [-0.39, 0.29) is 0 Å². The van der Waals surface area contributed by atoms with E-state index in [4.69, 9.17) is 15.7 Å². The summed E-state index contributed by atoms with van der Waals surface area (Å²) in [6, 6.07) is 7.26. The Morgan fingerprint density at radius 2 is 2.31 bits per heavy atom. The van der Waals surface area contributed by atoms with Crippen molar-refractivity contribution in [1.82, 2.24) is 0 Å². The number of nitrogens with zero attached hydrogens (tertiary/aromatic N) is 1. The van der Waals surface area contributed by atoms with E-state index in [1.165, 1.54) is 0 Å². The first-order valence-corrected chi connectivity index (χ1v) is 4.59. The predicted octanol–water partition coefficient (Wildman–Crippen LogP) is 1.66. The smallest absolute Gasteiger partial charge is 0.120 e. The molecule has 68 valence electrons. The van der Waals surface area contributed by atoms with Crippen molar-refractivity contribution < 1.29 is 4.74 Å². The van der Waals surface area contributed by atoms with Gasteiger partial charge in [0.2, 0.25) is 0 Å². The highest BCUT2D eigenvalue weighted by Gasteiger charge is 2.00. The minimum absolute atomic E-state index is 0.484. The zero-order chi connectivity index (χ0) is 9.68. The van der Waals surface area contributed by atoms with Crippen LogP contribution in [0.5, 0.6) is 5.75 Å². The van der Waals surface area contributed by atoms with Crippen LogP contribution in [-0.4, -0.2) is 13.2 Å². The van der Waals surface area contributed by atoms with E-state index in [0.717, 1.165) is 10.2 Å². The quantitative estimate of drug-likeness (QED) is 0.875. The average molecular weight is 241 g/mol. The van der Waals surface area contributed by atoms with Crippen molar-refractivity contribution in [2.75, 3.05) is 13.2 Å². The van der Waals surface area contributed by atoms with Crippen molar-refractivity contribution in [2.45, 2.75) is 0 Å². The van der Waals surface area contributed by atoms with Crippen molar-refractivity contribution in [3.63, 3.8) is 0 Å². The maximum Gasteiger partial charge on any atom is 0.120 e. The highest BCUT2D eigenvalue weighted by Crippen LogP contribution is 2.22. The molecule has 0 unspecified atom stereocenters. The zero-order valence-electron chi connectivity index (χ0n) is 6.96. The number of nitrogens with two attached hydrogens (primary N) is 1. The summed E-state index contributed by atoms with van der Waals surface area (Å²) in [5.74, 6) is 0.719. The summed E-state index contributed by atoms with van der Waals surface area (Å²) < 4.78 is 6.01. The molecule has 0 heterocycles. The lowest BCUT2D eigenvalue weighted by Gasteiger charge is -2.04. The van der Waals surface area contributed by atoms with E-state index >= 15 is 0 Å². The van der Waals surface area contributed by atoms with Gasteiger partial charge in [-0.05, 0) is 34.1 Å². The molecule has 0 atom stereocenters. The molecule has 1 aromatic rings. The van der Waals surface area contributed by atoms with Crippen LogP contribution in [0.1, 0.15) is 5.56 Å². The van der Waals surface area contributed by atoms with E-state index < -0.39 is 0 Å². The third-order valence-electron chi connectivity index (χ3n) is 1.45. The van der Waals surface area contributed by atoms with Gasteiger partial charge in [-0.3, -0.25) is 0 Å². The van der Waals surface area contributed by atoms with E-state index in [0.29, 0.717) is 18.7 Å². The Hall–Kier alpha value is -1.05. The van der Waals surface area contributed by atoms with E-state index in [1.54, 1.807) is 18.2 Å². The number of rotatable bonds is 3. The molecule has 0 aliphatic carbocycles. The molecule has 0 spiro atoms. The lowest BCUT2D eigenvalue weighted by molar-refractivity contribution is 0.328. The maximum absolute atomic E-state index is 8.64. The first-order chi connectivity index (χ1) is 6.27. The Morgan fingerprint density at radius 3 is 2.85 bits per heavy atom. The second-order valence-electron chi connectivity index (χ2n) is 2.39. The number of hydrogen-bond donors (Lipinski definition) is 1.